The van der Waals surface area contributed by atoms with Crippen LogP contribution in [-0.4, -0.2) is 45.5 Å². The Morgan fingerprint density at radius 3 is 2.72 bits per heavy atom. The van der Waals surface area contributed by atoms with Crippen LogP contribution in [0, 0.1) is 17.7 Å². The van der Waals surface area contributed by atoms with E-state index in [0.29, 0.717) is 24.2 Å². The van der Waals surface area contributed by atoms with E-state index in [0.717, 1.165) is 18.7 Å². The van der Waals surface area contributed by atoms with E-state index in [4.69, 9.17) is 0 Å². The third-order valence-electron chi connectivity index (χ3n) is 5.98. The standard InChI is InChI=1S/C23H32FN3O2/c1-2-3-4-7-11-25-21-14-22(29)19(15-28)18(21)13-16-10-12-26-23(27-16)17-8-5-6-9-20(17)24/h5-6,8-10,12,18-19,21-22,25,28-29H,2-4,7,11,13-15H2,1H3/t18-,19-,21-,22-/m1/s1. The average molecular weight is 402 g/mol. The minimum Gasteiger partial charge on any atom is -0.396 e. The van der Waals surface area contributed by atoms with Crippen molar-refractivity contribution in [1.29, 1.82) is 0 Å². The van der Waals surface area contributed by atoms with Gasteiger partial charge in [-0.2, -0.15) is 0 Å². The Hall–Kier alpha value is -1.89. The van der Waals surface area contributed by atoms with Crippen molar-refractivity contribution >= 4 is 0 Å². The molecule has 0 saturated heterocycles. The number of aromatic nitrogens is 2. The van der Waals surface area contributed by atoms with Crippen LogP contribution in [0.5, 0.6) is 0 Å². The molecule has 2 aromatic rings. The minimum absolute atomic E-state index is 0.0505. The zero-order chi connectivity index (χ0) is 20.6. The van der Waals surface area contributed by atoms with Gasteiger partial charge in [0.1, 0.15) is 5.82 Å². The zero-order valence-electron chi connectivity index (χ0n) is 17.1. The van der Waals surface area contributed by atoms with Gasteiger partial charge in [0, 0.05) is 30.5 Å². The van der Waals surface area contributed by atoms with E-state index in [1.165, 1.54) is 25.3 Å². The number of hydrogen-bond acceptors (Lipinski definition) is 5. The van der Waals surface area contributed by atoms with Gasteiger partial charge < -0.3 is 15.5 Å². The van der Waals surface area contributed by atoms with Gasteiger partial charge in [-0.15, -0.1) is 0 Å². The Bertz CT molecular complexity index is 773. The topological polar surface area (TPSA) is 78.3 Å². The summed E-state index contributed by atoms with van der Waals surface area (Å²) in [4.78, 5) is 8.81. The molecule has 0 aliphatic heterocycles. The molecule has 1 aliphatic rings. The lowest BCUT2D eigenvalue weighted by Gasteiger charge is -2.25. The third-order valence-corrected chi connectivity index (χ3v) is 5.98. The fraction of sp³-hybridized carbons (Fsp3) is 0.565. The molecule has 29 heavy (non-hydrogen) atoms. The van der Waals surface area contributed by atoms with E-state index in [1.807, 2.05) is 6.07 Å². The van der Waals surface area contributed by atoms with E-state index < -0.39 is 6.10 Å². The number of aliphatic hydroxyl groups is 2. The summed E-state index contributed by atoms with van der Waals surface area (Å²) in [6.07, 6.45) is 7.12. The predicted molar refractivity (Wildman–Crippen MR) is 112 cm³/mol. The Labute approximate surface area is 172 Å². The molecule has 1 aromatic carbocycles. The van der Waals surface area contributed by atoms with Crippen molar-refractivity contribution in [2.75, 3.05) is 13.2 Å². The van der Waals surface area contributed by atoms with Gasteiger partial charge in [0.25, 0.3) is 0 Å². The number of rotatable bonds is 10. The quantitative estimate of drug-likeness (QED) is 0.532. The number of aliphatic hydroxyl groups excluding tert-OH is 2. The molecular weight excluding hydrogens is 369 g/mol. The van der Waals surface area contributed by atoms with E-state index in [1.54, 1.807) is 24.4 Å². The van der Waals surface area contributed by atoms with E-state index in [-0.39, 0.29) is 30.3 Å². The molecule has 158 valence electrons. The van der Waals surface area contributed by atoms with E-state index in [2.05, 4.69) is 22.2 Å². The molecule has 0 spiro atoms. The predicted octanol–water partition coefficient (Wildman–Crippen LogP) is 3.35. The van der Waals surface area contributed by atoms with Gasteiger partial charge in [-0.3, -0.25) is 0 Å². The highest BCUT2D eigenvalue weighted by Crippen LogP contribution is 2.35. The Morgan fingerprint density at radius 1 is 1.14 bits per heavy atom. The number of benzene rings is 1. The highest BCUT2D eigenvalue weighted by molar-refractivity contribution is 5.55. The number of unbranched alkanes of at least 4 members (excludes halogenated alkanes) is 3. The molecule has 0 bridgehead atoms. The number of nitrogens with one attached hydrogen (secondary N) is 1. The van der Waals surface area contributed by atoms with Crippen molar-refractivity contribution in [1.82, 2.24) is 15.3 Å². The lowest BCUT2D eigenvalue weighted by Crippen LogP contribution is -2.37. The number of hydrogen-bond donors (Lipinski definition) is 3. The SMILES string of the molecule is CCCCCCN[C@@H]1C[C@@H](O)[C@H](CO)[C@H]1Cc1ccnc(-c2ccccc2F)n1. The fourth-order valence-corrected chi connectivity index (χ4v) is 4.34. The molecule has 1 saturated carbocycles. The molecule has 0 radical (unpaired) electrons. The lowest BCUT2D eigenvalue weighted by molar-refractivity contribution is 0.0716. The maximum atomic E-state index is 14.1. The van der Waals surface area contributed by atoms with E-state index in [9.17, 15) is 14.6 Å². The van der Waals surface area contributed by atoms with Gasteiger partial charge in [0.2, 0.25) is 0 Å². The molecule has 3 rings (SSSR count). The van der Waals surface area contributed by atoms with Crippen LogP contribution in [0.25, 0.3) is 11.4 Å². The summed E-state index contributed by atoms with van der Waals surface area (Å²) < 4.78 is 14.1. The number of nitrogens with zero attached hydrogens (tertiary/aromatic N) is 2. The molecule has 1 aromatic heterocycles. The maximum Gasteiger partial charge on any atom is 0.162 e. The van der Waals surface area contributed by atoms with Crippen LogP contribution in [0.4, 0.5) is 4.39 Å². The third kappa shape index (κ3) is 5.59. The first-order valence-corrected chi connectivity index (χ1v) is 10.7. The van der Waals surface area contributed by atoms with Gasteiger partial charge in [-0.1, -0.05) is 38.3 Å². The average Bonchev–Trinajstić information content (AvgIpc) is 3.02. The molecule has 0 amide bonds. The van der Waals surface area contributed by atoms with Crippen molar-refractivity contribution in [3.05, 3.63) is 48.0 Å². The van der Waals surface area contributed by atoms with Crippen molar-refractivity contribution in [2.45, 2.75) is 57.6 Å². The van der Waals surface area contributed by atoms with Crippen LogP contribution < -0.4 is 5.32 Å². The molecule has 4 atom stereocenters. The smallest absolute Gasteiger partial charge is 0.162 e. The molecular formula is C23H32FN3O2. The fourth-order valence-electron chi connectivity index (χ4n) is 4.34. The summed E-state index contributed by atoms with van der Waals surface area (Å²) in [5.41, 5.74) is 1.18. The van der Waals surface area contributed by atoms with Gasteiger partial charge in [0.15, 0.2) is 5.82 Å². The molecule has 6 heteroatoms. The van der Waals surface area contributed by atoms with Crippen molar-refractivity contribution in [2.24, 2.45) is 11.8 Å². The van der Waals surface area contributed by atoms with Gasteiger partial charge in [0.05, 0.1) is 11.7 Å². The highest BCUT2D eigenvalue weighted by atomic mass is 19.1. The largest absolute Gasteiger partial charge is 0.396 e. The molecule has 1 aliphatic carbocycles. The minimum atomic E-state index is -0.522. The summed E-state index contributed by atoms with van der Waals surface area (Å²) in [5.74, 6) is -0.0934. The molecule has 1 fully saturated rings. The Morgan fingerprint density at radius 2 is 1.97 bits per heavy atom. The summed E-state index contributed by atoms with van der Waals surface area (Å²) in [6.45, 7) is 3.06. The van der Waals surface area contributed by atoms with Crippen molar-refractivity contribution < 1.29 is 14.6 Å². The first-order valence-electron chi connectivity index (χ1n) is 10.7. The first-order chi connectivity index (χ1) is 14.1. The molecule has 1 heterocycles. The monoisotopic (exact) mass is 401 g/mol. The lowest BCUT2D eigenvalue weighted by atomic mass is 9.88. The molecule has 5 nitrogen and oxygen atoms in total. The summed E-state index contributed by atoms with van der Waals surface area (Å²) in [5, 5.41) is 23.9. The van der Waals surface area contributed by atoms with Crippen LogP contribution in [0.2, 0.25) is 0 Å². The van der Waals surface area contributed by atoms with E-state index >= 15 is 0 Å². The second-order valence-electron chi connectivity index (χ2n) is 7.99. The van der Waals surface area contributed by atoms with Crippen LogP contribution in [0.15, 0.2) is 36.5 Å². The maximum absolute atomic E-state index is 14.1. The van der Waals surface area contributed by atoms with Crippen LogP contribution in [0.3, 0.4) is 0 Å². The van der Waals surface area contributed by atoms with Gasteiger partial charge in [-0.05, 0) is 49.9 Å². The first kappa shape index (κ1) is 21.8. The summed E-state index contributed by atoms with van der Waals surface area (Å²) >= 11 is 0. The second-order valence-corrected chi connectivity index (χ2v) is 7.99. The van der Waals surface area contributed by atoms with Crippen molar-refractivity contribution in [3.8, 4) is 11.4 Å². The zero-order valence-corrected chi connectivity index (χ0v) is 17.1. The van der Waals surface area contributed by atoms with Crippen LogP contribution in [0.1, 0.15) is 44.7 Å². The normalized spacial score (nSPS) is 24.1. The highest BCUT2D eigenvalue weighted by Gasteiger charge is 2.41. The van der Waals surface area contributed by atoms with Gasteiger partial charge in [-0.25, -0.2) is 14.4 Å². The molecule has 3 N–H and O–H groups in total. The van der Waals surface area contributed by atoms with Gasteiger partial charge >= 0.3 is 0 Å². The summed E-state index contributed by atoms with van der Waals surface area (Å²) in [6, 6.07) is 8.45. The Kier molecular flexibility index (Phi) is 8.09. The van der Waals surface area contributed by atoms with Crippen molar-refractivity contribution in [3.63, 3.8) is 0 Å². The number of halogens is 1. The van der Waals surface area contributed by atoms with Crippen LogP contribution in [-0.2, 0) is 6.42 Å². The van der Waals surface area contributed by atoms with Crippen LogP contribution >= 0.6 is 0 Å². The summed E-state index contributed by atoms with van der Waals surface area (Å²) in [7, 11) is 0. The Balaban J connectivity index is 1.71. The second kappa shape index (κ2) is 10.8. The molecule has 0 unspecified atom stereocenters.